The average Bonchev–Trinajstić information content (AvgIpc) is 2.70. The van der Waals surface area contributed by atoms with Gasteiger partial charge in [-0.15, -0.1) is 0 Å². The minimum Gasteiger partial charge on any atom is -0.481 e. The molecule has 2 rings (SSSR count). The van der Waals surface area contributed by atoms with E-state index in [2.05, 4.69) is 0 Å². The number of carboxylic acid groups (broad SMARTS) is 1. The zero-order valence-electron chi connectivity index (χ0n) is 6.69. The van der Waals surface area contributed by atoms with Gasteiger partial charge in [0, 0.05) is 19.0 Å². The monoisotopic (exact) mass is 169 g/mol. The van der Waals surface area contributed by atoms with E-state index in [0.717, 1.165) is 13.0 Å². The molecule has 1 saturated carbocycles. The summed E-state index contributed by atoms with van der Waals surface area (Å²) in [5.74, 6) is 0.134. The van der Waals surface area contributed by atoms with Gasteiger partial charge >= 0.3 is 5.97 Å². The number of aliphatic carboxylic acids is 1. The highest BCUT2D eigenvalue weighted by atomic mass is 16.4. The van der Waals surface area contributed by atoms with E-state index in [1.54, 1.807) is 4.90 Å². The second-order valence-corrected chi connectivity index (χ2v) is 3.53. The lowest BCUT2D eigenvalue weighted by Crippen LogP contribution is -2.30. The van der Waals surface area contributed by atoms with E-state index < -0.39 is 5.97 Å². The number of hydrogen-bond acceptors (Lipinski definition) is 2. The molecule has 1 aliphatic carbocycles. The van der Waals surface area contributed by atoms with Crippen molar-refractivity contribution in [2.45, 2.75) is 12.8 Å². The van der Waals surface area contributed by atoms with Crippen LogP contribution in [0.15, 0.2) is 0 Å². The maximum atomic E-state index is 11.3. The van der Waals surface area contributed by atoms with E-state index >= 15 is 0 Å². The molecule has 2 fully saturated rings. The van der Waals surface area contributed by atoms with Crippen molar-refractivity contribution in [2.75, 3.05) is 13.1 Å². The Kier molecular flexibility index (Phi) is 1.56. The first-order valence-corrected chi connectivity index (χ1v) is 4.19. The molecule has 12 heavy (non-hydrogen) atoms. The number of carbonyl (C=O) groups excluding carboxylic acids is 1. The van der Waals surface area contributed by atoms with Crippen molar-refractivity contribution in [1.82, 2.24) is 4.90 Å². The van der Waals surface area contributed by atoms with Gasteiger partial charge in [0.2, 0.25) is 5.91 Å². The van der Waals surface area contributed by atoms with Crippen LogP contribution in [0, 0.1) is 11.8 Å². The van der Waals surface area contributed by atoms with Gasteiger partial charge in [-0.25, -0.2) is 0 Å². The molecular weight excluding hydrogens is 158 g/mol. The zero-order chi connectivity index (χ0) is 8.72. The summed E-state index contributed by atoms with van der Waals surface area (Å²) in [5, 5.41) is 8.40. The number of carbonyl (C=O) groups is 2. The summed E-state index contributed by atoms with van der Waals surface area (Å²) in [6.07, 6.45) is 1.10. The Balaban J connectivity index is 1.82. The minimum absolute atomic E-state index is 0.0746. The molecule has 0 radical (unpaired) electrons. The molecule has 0 aromatic rings. The Hall–Kier alpha value is -1.06. The Bertz CT molecular complexity index is 238. The fourth-order valence-electron chi connectivity index (χ4n) is 1.79. The molecule has 4 heteroatoms. The van der Waals surface area contributed by atoms with E-state index in [0.29, 0.717) is 12.5 Å². The predicted molar refractivity (Wildman–Crippen MR) is 40.4 cm³/mol. The quantitative estimate of drug-likeness (QED) is 0.643. The normalized spacial score (nSPS) is 32.0. The fourth-order valence-corrected chi connectivity index (χ4v) is 1.79. The standard InChI is InChI=1S/C8H11NO3/c10-7(11)1-2-9-4-5-3-6(5)8(9)12/h5-6H,1-4H2,(H,10,11). The molecule has 4 nitrogen and oxygen atoms in total. The van der Waals surface area contributed by atoms with Crippen molar-refractivity contribution < 1.29 is 14.7 Å². The average molecular weight is 169 g/mol. The third-order valence-electron chi connectivity index (χ3n) is 2.60. The Morgan fingerprint density at radius 2 is 2.42 bits per heavy atom. The van der Waals surface area contributed by atoms with Crippen molar-refractivity contribution in [3.05, 3.63) is 0 Å². The van der Waals surface area contributed by atoms with E-state index in [1.807, 2.05) is 0 Å². The first-order chi connectivity index (χ1) is 5.68. The van der Waals surface area contributed by atoms with Crippen LogP contribution in [0.1, 0.15) is 12.8 Å². The number of amides is 1. The highest BCUT2D eigenvalue weighted by molar-refractivity contribution is 5.84. The van der Waals surface area contributed by atoms with Gasteiger partial charge in [-0.1, -0.05) is 0 Å². The van der Waals surface area contributed by atoms with Gasteiger partial charge in [0.05, 0.1) is 6.42 Å². The molecule has 2 unspecified atom stereocenters. The van der Waals surface area contributed by atoms with Gasteiger partial charge in [0.25, 0.3) is 0 Å². The van der Waals surface area contributed by atoms with Crippen LogP contribution >= 0.6 is 0 Å². The lowest BCUT2D eigenvalue weighted by Gasteiger charge is -2.16. The van der Waals surface area contributed by atoms with Crippen LogP contribution in [0.4, 0.5) is 0 Å². The number of nitrogens with zero attached hydrogens (tertiary/aromatic N) is 1. The fraction of sp³-hybridized carbons (Fsp3) is 0.750. The molecule has 1 N–H and O–H groups in total. The maximum Gasteiger partial charge on any atom is 0.305 e. The molecular formula is C8H11NO3. The summed E-state index contributed by atoms with van der Waals surface area (Å²) < 4.78 is 0. The second kappa shape index (κ2) is 2.47. The topological polar surface area (TPSA) is 57.6 Å². The molecule has 0 aromatic carbocycles. The van der Waals surface area contributed by atoms with Crippen molar-refractivity contribution >= 4 is 11.9 Å². The van der Waals surface area contributed by atoms with E-state index in [4.69, 9.17) is 5.11 Å². The van der Waals surface area contributed by atoms with Crippen molar-refractivity contribution in [3.63, 3.8) is 0 Å². The molecule has 2 atom stereocenters. The largest absolute Gasteiger partial charge is 0.481 e. The lowest BCUT2D eigenvalue weighted by atomic mass is 10.3. The second-order valence-electron chi connectivity index (χ2n) is 3.53. The molecule has 66 valence electrons. The molecule has 0 bridgehead atoms. The van der Waals surface area contributed by atoms with Crippen LogP contribution in [0.25, 0.3) is 0 Å². The number of rotatable bonds is 3. The number of carboxylic acids is 1. The van der Waals surface area contributed by atoms with Crippen LogP contribution in [-0.4, -0.2) is 35.0 Å². The maximum absolute atomic E-state index is 11.3. The van der Waals surface area contributed by atoms with E-state index in [1.165, 1.54) is 0 Å². The lowest BCUT2D eigenvalue weighted by molar-refractivity contribution is -0.138. The summed E-state index contributed by atoms with van der Waals surface area (Å²) in [5.41, 5.74) is 0. The summed E-state index contributed by atoms with van der Waals surface area (Å²) >= 11 is 0. The molecule has 0 spiro atoms. The Morgan fingerprint density at radius 3 is 2.92 bits per heavy atom. The minimum atomic E-state index is -0.830. The van der Waals surface area contributed by atoms with Crippen molar-refractivity contribution in [1.29, 1.82) is 0 Å². The van der Waals surface area contributed by atoms with Gasteiger partial charge in [0.1, 0.15) is 0 Å². The molecule has 1 aliphatic heterocycles. The predicted octanol–water partition coefficient (Wildman–Crippen LogP) is -0.0606. The van der Waals surface area contributed by atoms with E-state index in [-0.39, 0.29) is 18.2 Å². The van der Waals surface area contributed by atoms with Crippen LogP contribution in [-0.2, 0) is 9.59 Å². The molecule has 1 heterocycles. The summed E-state index contributed by atoms with van der Waals surface area (Å²) in [4.78, 5) is 23.2. The third-order valence-corrected chi connectivity index (χ3v) is 2.60. The molecule has 0 aromatic heterocycles. The first-order valence-electron chi connectivity index (χ1n) is 4.19. The summed E-state index contributed by atoms with van der Waals surface area (Å²) in [6, 6.07) is 0. The molecule has 1 amide bonds. The van der Waals surface area contributed by atoms with Gasteiger partial charge in [-0.3, -0.25) is 9.59 Å². The van der Waals surface area contributed by atoms with Gasteiger partial charge in [-0.2, -0.15) is 0 Å². The SMILES string of the molecule is O=C(O)CCN1CC2CC2C1=O. The molecule has 2 aliphatic rings. The van der Waals surface area contributed by atoms with Crippen LogP contribution in [0.2, 0.25) is 0 Å². The molecule has 1 saturated heterocycles. The summed E-state index contributed by atoms with van der Waals surface area (Å²) in [7, 11) is 0. The van der Waals surface area contributed by atoms with E-state index in [9.17, 15) is 9.59 Å². The number of likely N-dealkylation sites (tertiary alicyclic amines) is 1. The first kappa shape index (κ1) is 7.58. The van der Waals surface area contributed by atoms with Crippen LogP contribution in [0.5, 0.6) is 0 Å². The van der Waals surface area contributed by atoms with Gasteiger partial charge < -0.3 is 10.0 Å². The van der Waals surface area contributed by atoms with Crippen LogP contribution in [0.3, 0.4) is 0 Å². The zero-order valence-corrected chi connectivity index (χ0v) is 6.69. The smallest absolute Gasteiger partial charge is 0.305 e. The van der Waals surface area contributed by atoms with Gasteiger partial charge in [0.15, 0.2) is 0 Å². The van der Waals surface area contributed by atoms with Crippen molar-refractivity contribution in [3.8, 4) is 0 Å². The number of fused-ring (bicyclic) bond motifs is 1. The Morgan fingerprint density at radius 1 is 1.67 bits per heavy atom. The highest BCUT2D eigenvalue weighted by Crippen LogP contribution is 2.45. The van der Waals surface area contributed by atoms with Crippen molar-refractivity contribution in [2.24, 2.45) is 11.8 Å². The third kappa shape index (κ3) is 1.17. The van der Waals surface area contributed by atoms with Gasteiger partial charge in [-0.05, 0) is 12.3 Å². The van der Waals surface area contributed by atoms with Crippen LogP contribution < -0.4 is 0 Å². The Labute approximate surface area is 70.2 Å². The summed E-state index contributed by atoms with van der Waals surface area (Å²) in [6.45, 7) is 1.18. The number of piperidine rings is 1. The number of hydrogen-bond donors (Lipinski definition) is 1. The highest BCUT2D eigenvalue weighted by Gasteiger charge is 2.51.